The lowest BCUT2D eigenvalue weighted by Gasteiger charge is -2.33. The molecule has 0 saturated carbocycles. The lowest BCUT2D eigenvalue weighted by atomic mass is 10.1. The number of hydrogen-bond acceptors (Lipinski definition) is 3. The Labute approximate surface area is 161 Å². The van der Waals surface area contributed by atoms with E-state index < -0.39 is 23.8 Å². The van der Waals surface area contributed by atoms with Crippen molar-refractivity contribution < 1.29 is 27.5 Å². The Morgan fingerprint density at radius 1 is 1.22 bits per heavy atom. The highest BCUT2D eigenvalue weighted by molar-refractivity contribution is 9.10. The number of benzene rings is 2. The van der Waals surface area contributed by atoms with Crippen LogP contribution in [-0.2, 0) is 15.8 Å². The predicted molar refractivity (Wildman–Crippen MR) is 96.7 cm³/mol. The normalized spacial score (nSPS) is 16.3. The van der Waals surface area contributed by atoms with Crippen LogP contribution in [0.4, 0.5) is 24.5 Å². The van der Waals surface area contributed by atoms with Crippen molar-refractivity contribution in [2.24, 2.45) is 0 Å². The molecule has 0 saturated heterocycles. The molecule has 0 aliphatic carbocycles. The second kappa shape index (κ2) is 7.22. The van der Waals surface area contributed by atoms with E-state index in [2.05, 4.69) is 21.2 Å². The highest BCUT2D eigenvalue weighted by Crippen LogP contribution is 2.37. The molecule has 0 fully saturated rings. The van der Waals surface area contributed by atoms with E-state index >= 15 is 0 Å². The van der Waals surface area contributed by atoms with E-state index in [-0.39, 0.29) is 22.6 Å². The van der Waals surface area contributed by atoms with Gasteiger partial charge < -0.3 is 15.0 Å². The van der Waals surface area contributed by atoms with E-state index in [0.29, 0.717) is 11.4 Å². The number of fused-ring (bicyclic) bond motifs is 1. The second-order valence-electron chi connectivity index (χ2n) is 5.89. The van der Waals surface area contributed by atoms with Crippen LogP contribution in [-0.4, -0.2) is 24.5 Å². The molecule has 2 aromatic carbocycles. The number of ether oxygens (including phenoxy) is 1. The zero-order valence-corrected chi connectivity index (χ0v) is 15.6. The van der Waals surface area contributed by atoms with Crippen molar-refractivity contribution in [3.05, 3.63) is 52.5 Å². The SMILES string of the molecule is CC(=O)N1C[C@H](C(=O)Nc2ccc(Br)c(C(F)(F)F)c2)Oc2ccccc21. The molecular formula is C18H14BrF3N2O3. The van der Waals surface area contributed by atoms with Gasteiger partial charge in [-0.25, -0.2) is 0 Å². The standard InChI is InChI=1S/C18H14BrF3N2O3/c1-10(25)24-9-16(27-15-5-3-2-4-14(15)24)17(26)23-11-6-7-13(19)12(8-11)18(20,21)22/h2-8,16H,9H2,1H3,(H,23,26)/t16-/m1/s1. The molecule has 0 radical (unpaired) electrons. The van der Waals surface area contributed by atoms with Gasteiger partial charge in [-0.05, 0) is 30.3 Å². The fraction of sp³-hybridized carbons (Fsp3) is 0.222. The Morgan fingerprint density at radius 2 is 1.93 bits per heavy atom. The number of halogens is 4. The van der Waals surface area contributed by atoms with Crippen LogP contribution in [0.15, 0.2) is 46.9 Å². The Bertz CT molecular complexity index is 902. The van der Waals surface area contributed by atoms with Gasteiger partial charge in [0.15, 0.2) is 6.10 Å². The van der Waals surface area contributed by atoms with Crippen molar-refractivity contribution in [1.29, 1.82) is 0 Å². The van der Waals surface area contributed by atoms with E-state index in [4.69, 9.17) is 4.74 Å². The van der Waals surface area contributed by atoms with Crippen molar-refractivity contribution in [2.75, 3.05) is 16.8 Å². The predicted octanol–water partition coefficient (Wildman–Crippen LogP) is 4.22. The van der Waals surface area contributed by atoms with Crippen LogP contribution in [0.3, 0.4) is 0 Å². The number of para-hydroxylation sites is 2. The topological polar surface area (TPSA) is 58.6 Å². The van der Waals surface area contributed by atoms with E-state index in [1.807, 2.05) is 0 Å². The van der Waals surface area contributed by atoms with Crippen molar-refractivity contribution in [2.45, 2.75) is 19.2 Å². The number of rotatable bonds is 2. The first-order valence-electron chi connectivity index (χ1n) is 7.88. The molecule has 142 valence electrons. The highest BCUT2D eigenvalue weighted by atomic mass is 79.9. The first-order chi connectivity index (χ1) is 12.7. The van der Waals surface area contributed by atoms with Gasteiger partial charge in [0.25, 0.3) is 5.91 Å². The Balaban J connectivity index is 1.82. The highest BCUT2D eigenvalue weighted by Gasteiger charge is 2.35. The molecule has 2 aromatic rings. The number of hydrogen-bond donors (Lipinski definition) is 1. The van der Waals surface area contributed by atoms with Gasteiger partial charge in [-0.2, -0.15) is 13.2 Å². The Morgan fingerprint density at radius 3 is 2.59 bits per heavy atom. The number of nitrogens with one attached hydrogen (secondary N) is 1. The summed E-state index contributed by atoms with van der Waals surface area (Å²) in [6, 6.07) is 10.1. The molecule has 1 heterocycles. The summed E-state index contributed by atoms with van der Waals surface area (Å²) in [7, 11) is 0. The molecule has 0 aromatic heterocycles. The lowest BCUT2D eigenvalue weighted by Crippen LogP contribution is -2.48. The van der Waals surface area contributed by atoms with Gasteiger partial charge in [0.2, 0.25) is 5.91 Å². The maximum absolute atomic E-state index is 13.0. The van der Waals surface area contributed by atoms with Crippen molar-refractivity contribution in [3.8, 4) is 5.75 Å². The molecule has 0 spiro atoms. The third-order valence-electron chi connectivity index (χ3n) is 3.99. The van der Waals surface area contributed by atoms with Gasteiger partial charge in [0.05, 0.1) is 17.8 Å². The molecule has 27 heavy (non-hydrogen) atoms. The van der Waals surface area contributed by atoms with Crippen LogP contribution in [0, 0.1) is 0 Å². The maximum Gasteiger partial charge on any atom is 0.417 e. The first kappa shape index (κ1) is 19.2. The van der Waals surface area contributed by atoms with Crippen molar-refractivity contribution >= 4 is 39.1 Å². The van der Waals surface area contributed by atoms with E-state index in [1.165, 1.54) is 24.0 Å². The summed E-state index contributed by atoms with van der Waals surface area (Å²) < 4.78 is 44.5. The summed E-state index contributed by atoms with van der Waals surface area (Å²) in [5.74, 6) is -0.566. The van der Waals surface area contributed by atoms with Gasteiger partial charge in [-0.1, -0.05) is 28.1 Å². The Kier molecular flexibility index (Phi) is 5.14. The number of anilines is 2. The van der Waals surface area contributed by atoms with E-state index in [0.717, 1.165) is 6.07 Å². The van der Waals surface area contributed by atoms with Crippen molar-refractivity contribution in [3.63, 3.8) is 0 Å². The molecule has 1 aliphatic rings. The molecule has 1 aliphatic heterocycles. The van der Waals surface area contributed by atoms with Crippen molar-refractivity contribution in [1.82, 2.24) is 0 Å². The van der Waals surface area contributed by atoms with Crippen LogP contribution < -0.4 is 15.0 Å². The average molecular weight is 443 g/mol. The van der Waals surface area contributed by atoms with E-state index in [9.17, 15) is 22.8 Å². The van der Waals surface area contributed by atoms with Crippen LogP contribution in [0.5, 0.6) is 5.75 Å². The first-order valence-corrected chi connectivity index (χ1v) is 8.67. The summed E-state index contributed by atoms with van der Waals surface area (Å²) in [5.41, 5.74) is -0.384. The molecule has 0 unspecified atom stereocenters. The Hall–Kier alpha value is -2.55. The zero-order chi connectivity index (χ0) is 19.8. The number of amides is 2. The minimum Gasteiger partial charge on any atom is -0.476 e. The third kappa shape index (κ3) is 4.08. The summed E-state index contributed by atoms with van der Waals surface area (Å²) in [4.78, 5) is 25.8. The monoisotopic (exact) mass is 442 g/mol. The van der Waals surface area contributed by atoms with Crippen LogP contribution >= 0.6 is 15.9 Å². The van der Waals surface area contributed by atoms with Crippen LogP contribution in [0.2, 0.25) is 0 Å². The third-order valence-corrected chi connectivity index (χ3v) is 4.68. The summed E-state index contributed by atoms with van der Waals surface area (Å²) in [6.07, 6.45) is -5.62. The average Bonchev–Trinajstić information content (AvgIpc) is 2.61. The quantitative estimate of drug-likeness (QED) is 0.757. The van der Waals surface area contributed by atoms with Gasteiger partial charge in [0, 0.05) is 17.1 Å². The number of nitrogens with zero attached hydrogens (tertiary/aromatic N) is 1. The van der Waals surface area contributed by atoms with Gasteiger partial charge >= 0.3 is 6.18 Å². The molecule has 5 nitrogen and oxygen atoms in total. The van der Waals surface area contributed by atoms with Gasteiger partial charge in [-0.15, -0.1) is 0 Å². The van der Waals surface area contributed by atoms with Gasteiger partial charge in [0.1, 0.15) is 5.75 Å². The molecule has 1 N–H and O–H groups in total. The number of carbonyl (C=O) groups is 2. The summed E-state index contributed by atoms with van der Waals surface area (Å²) in [5, 5.41) is 2.42. The molecule has 3 rings (SSSR count). The fourth-order valence-corrected chi connectivity index (χ4v) is 3.18. The lowest BCUT2D eigenvalue weighted by molar-refractivity contribution is -0.138. The number of carbonyl (C=O) groups excluding carboxylic acids is 2. The largest absolute Gasteiger partial charge is 0.476 e. The zero-order valence-electron chi connectivity index (χ0n) is 14.0. The molecule has 1 atom stereocenters. The fourth-order valence-electron chi connectivity index (χ4n) is 2.71. The van der Waals surface area contributed by atoms with Crippen LogP contribution in [0.25, 0.3) is 0 Å². The maximum atomic E-state index is 13.0. The molecule has 0 bridgehead atoms. The summed E-state index contributed by atoms with van der Waals surface area (Å²) >= 11 is 2.85. The number of alkyl halides is 3. The minimum atomic E-state index is -4.56. The molecular weight excluding hydrogens is 429 g/mol. The second-order valence-corrected chi connectivity index (χ2v) is 6.74. The minimum absolute atomic E-state index is 0.0210. The molecule has 2 amide bonds. The molecule has 9 heteroatoms. The smallest absolute Gasteiger partial charge is 0.417 e. The van der Waals surface area contributed by atoms with E-state index in [1.54, 1.807) is 24.3 Å². The van der Waals surface area contributed by atoms with Gasteiger partial charge in [-0.3, -0.25) is 9.59 Å². The summed E-state index contributed by atoms with van der Waals surface area (Å²) in [6.45, 7) is 1.32. The van der Waals surface area contributed by atoms with Crippen LogP contribution in [0.1, 0.15) is 12.5 Å².